The first kappa shape index (κ1) is 19.4. The Kier molecular flexibility index (Phi) is 6.59. The smallest absolute Gasteiger partial charge is 0.262 e. The lowest BCUT2D eigenvalue weighted by molar-refractivity contribution is -0.118. The minimum absolute atomic E-state index is 0.202. The van der Waals surface area contributed by atoms with Gasteiger partial charge in [-0.3, -0.25) is 14.6 Å². The highest BCUT2D eigenvalue weighted by atomic mass is 35.5. The van der Waals surface area contributed by atoms with Crippen LogP contribution in [-0.2, 0) is 11.3 Å². The highest BCUT2D eigenvalue weighted by molar-refractivity contribution is 6.30. The number of amides is 2. The van der Waals surface area contributed by atoms with Crippen molar-refractivity contribution in [3.63, 3.8) is 0 Å². The molecule has 2 amide bonds. The van der Waals surface area contributed by atoms with Crippen LogP contribution in [0.4, 0.5) is 5.69 Å². The second-order valence-electron chi connectivity index (χ2n) is 5.88. The molecular weight excluding hydrogens is 378 g/mol. The van der Waals surface area contributed by atoms with Crippen molar-refractivity contribution in [1.82, 2.24) is 10.3 Å². The average molecular weight is 396 g/mol. The largest absolute Gasteiger partial charge is 0.484 e. The molecule has 0 aliphatic rings. The zero-order valence-corrected chi connectivity index (χ0v) is 15.6. The SMILES string of the molecule is O=C(COc1cccc(Cl)c1)Nc1ccccc1C(=O)NCc1cccnc1. The Morgan fingerprint density at radius 1 is 1.04 bits per heavy atom. The predicted molar refractivity (Wildman–Crippen MR) is 107 cm³/mol. The summed E-state index contributed by atoms with van der Waals surface area (Å²) in [4.78, 5) is 28.7. The lowest BCUT2D eigenvalue weighted by Crippen LogP contribution is -2.26. The Balaban J connectivity index is 1.59. The first-order chi connectivity index (χ1) is 13.6. The van der Waals surface area contributed by atoms with Crippen molar-refractivity contribution >= 4 is 29.1 Å². The lowest BCUT2D eigenvalue weighted by Gasteiger charge is -2.12. The van der Waals surface area contributed by atoms with E-state index in [1.807, 2.05) is 6.07 Å². The fourth-order valence-electron chi connectivity index (χ4n) is 2.46. The van der Waals surface area contributed by atoms with Gasteiger partial charge < -0.3 is 15.4 Å². The molecule has 3 rings (SSSR count). The molecule has 1 heterocycles. The second-order valence-corrected chi connectivity index (χ2v) is 6.32. The summed E-state index contributed by atoms with van der Waals surface area (Å²) in [5.41, 5.74) is 1.65. The van der Waals surface area contributed by atoms with Crippen molar-refractivity contribution in [3.05, 3.63) is 89.2 Å². The van der Waals surface area contributed by atoms with Gasteiger partial charge in [-0.05, 0) is 42.0 Å². The number of hydrogen-bond donors (Lipinski definition) is 2. The lowest BCUT2D eigenvalue weighted by atomic mass is 10.1. The van der Waals surface area contributed by atoms with E-state index in [1.54, 1.807) is 67.0 Å². The summed E-state index contributed by atoms with van der Waals surface area (Å²) >= 11 is 5.89. The Bertz CT molecular complexity index is 964. The van der Waals surface area contributed by atoms with Crippen LogP contribution in [0.2, 0.25) is 5.02 Å². The van der Waals surface area contributed by atoms with Crippen LogP contribution in [0.1, 0.15) is 15.9 Å². The van der Waals surface area contributed by atoms with E-state index in [1.165, 1.54) is 0 Å². The number of anilines is 1. The number of hydrogen-bond acceptors (Lipinski definition) is 4. The molecule has 0 saturated carbocycles. The predicted octanol–water partition coefficient (Wildman–Crippen LogP) is 3.68. The van der Waals surface area contributed by atoms with Crippen molar-refractivity contribution in [2.75, 3.05) is 11.9 Å². The molecule has 0 fully saturated rings. The fourth-order valence-corrected chi connectivity index (χ4v) is 2.64. The molecule has 2 N–H and O–H groups in total. The van der Waals surface area contributed by atoms with Crippen molar-refractivity contribution in [3.8, 4) is 5.75 Å². The molecule has 0 atom stereocenters. The number of nitrogens with one attached hydrogen (secondary N) is 2. The number of rotatable bonds is 7. The third kappa shape index (κ3) is 5.56. The van der Waals surface area contributed by atoms with E-state index in [0.29, 0.717) is 28.6 Å². The molecule has 0 aliphatic carbocycles. The Labute approximate surface area is 167 Å². The normalized spacial score (nSPS) is 10.2. The molecule has 3 aromatic rings. The number of ether oxygens (including phenoxy) is 1. The number of para-hydroxylation sites is 1. The van der Waals surface area contributed by atoms with E-state index >= 15 is 0 Å². The topological polar surface area (TPSA) is 80.3 Å². The van der Waals surface area contributed by atoms with Gasteiger partial charge in [-0.25, -0.2) is 0 Å². The van der Waals surface area contributed by atoms with Gasteiger partial charge in [0.25, 0.3) is 11.8 Å². The van der Waals surface area contributed by atoms with Gasteiger partial charge in [-0.2, -0.15) is 0 Å². The van der Waals surface area contributed by atoms with Crippen LogP contribution in [0.5, 0.6) is 5.75 Å². The fraction of sp³-hybridized carbons (Fsp3) is 0.0952. The maximum atomic E-state index is 12.5. The first-order valence-electron chi connectivity index (χ1n) is 8.56. The zero-order chi connectivity index (χ0) is 19.8. The molecule has 0 unspecified atom stereocenters. The van der Waals surface area contributed by atoms with Gasteiger partial charge in [-0.1, -0.05) is 35.9 Å². The maximum Gasteiger partial charge on any atom is 0.262 e. The summed E-state index contributed by atoms with van der Waals surface area (Å²) in [6, 6.07) is 17.2. The zero-order valence-electron chi connectivity index (χ0n) is 14.9. The van der Waals surface area contributed by atoms with Crippen LogP contribution >= 0.6 is 11.6 Å². The number of benzene rings is 2. The summed E-state index contributed by atoms with van der Waals surface area (Å²) < 4.78 is 5.42. The molecule has 2 aromatic carbocycles. The molecule has 0 aliphatic heterocycles. The Morgan fingerprint density at radius 2 is 1.89 bits per heavy atom. The van der Waals surface area contributed by atoms with E-state index in [0.717, 1.165) is 5.56 Å². The number of halogens is 1. The van der Waals surface area contributed by atoms with Gasteiger partial charge in [0.1, 0.15) is 5.75 Å². The van der Waals surface area contributed by atoms with Crippen molar-refractivity contribution < 1.29 is 14.3 Å². The van der Waals surface area contributed by atoms with Crippen molar-refractivity contribution in [2.45, 2.75) is 6.54 Å². The van der Waals surface area contributed by atoms with E-state index in [2.05, 4.69) is 15.6 Å². The standard InChI is InChI=1S/C21H18ClN3O3/c22-16-6-3-7-17(11-16)28-14-20(26)25-19-9-2-1-8-18(19)21(27)24-13-15-5-4-10-23-12-15/h1-12H,13-14H2,(H,24,27)(H,25,26). The minimum atomic E-state index is -0.382. The van der Waals surface area contributed by atoms with Crippen LogP contribution in [0.3, 0.4) is 0 Å². The Morgan fingerprint density at radius 3 is 2.68 bits per heavy atom. The summed E-state index contributed by atoms with van der Waals surface area (Å²) in [6.45, 7) is 0.138. The molecule has 1 aromatic heterocycles. The monoisotopic (exact) mass is 395 g/mol. The molecule has 142 valence electrons. The van der Waals surface area contributed by atoms with E-state index in [-0.39, 0.29) is 18.4 Å². The Hall–Kier alpha value is -3.38. The molecule has 6 nitrogen and oxygen atoms in total. The minimum Gasteiger partial charge on any atom is -0.484 e. The summed E-state index contributed by atoms with van der Waals surface area (Å²) in [6.07, 6.45) is 3.35. The summed E-state index contributed by atoms with van der Waals surface area (Å²) in [5.74, 6) is -0.187. The summed E-state index contributed by atoms with van der Waals surface area (Å²) in [5, 5.41) is 6.04. The van der Waals surface area contributed by atoms with Crippen LogP contribution in [0.15, 0.2) is 73.1 Å². The first-order valence-corrected chi connectivity index (χ1v) is 8.94. The van der Waals surface area contributed by atoms with E-state index in [4.69, 9.17) is 16.3 Å². The summed E-state index contributed by atoms with van der Waals surface area (Å²) in [7, 11) is 0. The highest BCUT2D eigenvalue weighted by Gasteiger charge is 2.13. The van der Waals surface area contributed by atoms with Gasteiger partial charge in [0.05, 0.1) is 11.3 Å². The maximum absolute atomic E-state index is 12.5. The van der Waals surface area contributed by atoms with E-state index < -0.39 is 0 Å². The molecule has 0 bridgehead atoms. The van der Waals surface area contributed by atoms with Crippen LogP contribution in [-0.4, -0.2) is 23.4 Å². The van der Waals surface area contributed by atoms with Crippen LogP contribution in [0, 0.1) is 0 Å². The second kappa shape index (κ2) is 9.53. The van der Waals surface area contributed by atoms with Gasteiger partial charge in [0.15, 0.2) is 6.61 Å². The number of pyridine rings is 1. The third-order valence-corrected chi connectivity index (χ3v) is 4.02. The number of carbonyl (C=O) groups is 2. The van der Waals surface area contributed by atoms with Crippen LogP contribution in [0.25, 0.3) is 0 Å². The molecular formula is C21H18ClN3O3. The number of carbonyl (C=O) groups excluding carboxylic acids is 2. The quantitative estimate of drug-likeness (QED) is 0.639. The van der Waals surface area contributed by atoms with Gasteiger partial charge in [-0.15, -0.1) is 0 Å². The molecule has 0 spiro atoms. The number of aromatic nitrogens is 1. The average Bonchev–Trinajstić information content (AvgIpc) is 2.72. The molecule has 7 heteroatoms. The highest BCUT2D eigenvalue weighted by Crippen LogP contribution is 2.18. The van der Waals surface area contributed by atoms with E-state index in [9.17, 15) is 9.59 Å². The third-order valence-electron chi connectivity index (χ3n) is 3.79. The van der Waals surface area contributed by atoms with Crippen molar-refractivity contribution in [2.24, 2.45) is 0 Å². The molecule has 28 heavy (non-hydrogen) atoms. The van der Waals surface area contributed by atoms with Gasteiger partial charge >= 0.3 is 0 Å². The van der Waals surface area contributed by atoms with Gasteiger partial charge in [0, 0.05) is 24.0 Å². The van der Waals surface area contributed by atoms with Crippen LogP contribution < -0.4 is 15.4 Å². The van der Waals surface area contributed by atoms with Gasteiger partial charge in [0.2, 0.25) is 0 Å². The van der Waals surface area contributed by atoms with Crippen molar-refractivity contribution in [1.29, 1.82) is 0 Å². The number of nitrogens with zero attached hydrogens (tertiary/aromatic N) is 1. The molecule has 0 saturated heterocycles. The molecule has 0 radical (unpaired) electrons.